The predicted molar refractivity (Wildman–Crippen MR) is 80.1 cm³/mol. The molecule has 2 rings (SSSR count). The van der Waals surface area contributed by atoms with Gasteiger partial charge in [-0.25, -0.2) is 0 Å². The van der Waals surface area contributed by atoms with Crippen molar-refractivity contribution in [3.05, 3.63) is 57.5 Å². The van der Waals surface area contributed by atoms with E-state index in [-0.39, 0.29) is 5.91 Å². The Morgan fingerprint density at radius 2 is 1.89 bits per heavy atom. The summed E-state index contributed by atoms with van der Waals surface area (Å²) in [6, 6.07) is 12.2. The van der Waals surface area contributed by atoms with Crippen molar-refractivity contribution in [3.8, 4) is 5.75 Å². The third-order valence-electron chi connectivity index (χ3n) is 2.51. The van der Waals surface area contributed by atoms with Crippen molar-refractivity contribution in [2.24, 2.45) is 0 Å². The average Bonchev–Trinajstić information content (AvgIpc) is 2.41. The quantitative estimate of drug-likeness (QED) is 0.901. The van der Waals surface area contributed by atoms with Gasteiger partial charge in [0.05, 0.1) is 12.7 Å². The van der Waals surface area contributed by atoms with Crippen molar-refractivity contribution in [1.82, 2.24) is 0 Å². The van der Waals surface area contributed by atoms with Gasteiger partial charge in [0.15, 0.2) is 0 Å². The topological polar surface area (TPSA) is 38.3 Å². The van der Waals surface area contributed by atoms with E-state index in [1.165, 1.54) is 7.11 Å². The highest BCUT2D eigenvalue weighted by molar-refractivity contribution is 9.10. The van der Waals surface area contributed by atoms with Crippen LogP contribution in [0.3, 0.4) is 0 Å². The van der Waals surface area contributed by atoms with E-state index in [9.17, 15) is 4.79 Å². The molecule has 0 aromatic heterocycles. The molecule has 3 nitrogen and oxygen atoms in total. The Labute approximate surface area is 124 Å². The number of carbonyl (C=O) groups excluding carboxylic acids is 1. The van der Waals surface area contributed by atoms with Crippen molar-refractivity contribution < 1.29 is 9.53 Å². The van der Waals surface area contributed by atoms with Crippen LogP contribution in [0.1, 0.15) is 10.4 Å². The molecule has 2 aromatic rings. The molecule has 0 unspecified atom stereocenters. The molecule has 0 radical (unpaired) electrons. The molecule has 0 atom stereocenters. The van der Waals surface area contributed by atoms with Crippen LogP contribution in [-0.2, 0) is 0 Å². The Morgan fingerprint density at radius 1 is 1.21 bits per heavy atom. The van der Waals surface area contributed by atoms with Gasteiger partial charge >= 0.3 is 0 Å². The maximum atomic E-state index is 12.2. The van der Waals surface area contributed by atoms with Gasteiger partial charge in [0.25, 0.3) is 5.91 Å². The number of anilines is 1. The van der Waals surface area contributed by atoms with Crippen LogP contribution < -0.4 is 10.1 Å². The van der Waals surface area contributed by atoms with E-state index in [0.717, 1.165) is 4.47 Å². The van der Waals surface area contributed by atoms with Gasteiger partial charge in [0, 0.05) is 15.2 Å². The fraction of sp³-hybridized carbons (Fsp3) is 0.0714. The monoisotopic (exact) mass is 339 g/mol. The van der Waals surface area contributed by atoms with Crippen LogP contribution in [0.25, 0.3) is 0 Å². The Balaban J connectivity index is 2.24. The molecule has 0 spiro atoms. The highest BCUT2D eigenvalue weighted by atomic mass is 79.9. The van der Waals surface area contributed by atoms with Crippen molar-refractivity contribution in [2.75, 3.05) is 12.4 Å². The van der Waals surface area contributed by atoms with Gasteiger partial charge in [-0.15, -0.1) is 0 Å². The van der Waals surface area contributed by atoms with E-state index in [1.54, 1.807) is 30.3 Å². The second-order valence-corrected chi connectivity index (χ2v) is 5.16. The van der Waals surface area contributed by atoms with E-state index < -0.39 is 0 Å². The van der Waals surface area contributed by atoms with Gasteiger partial charge < -0.3 is 10.1 Å². The first-order valence-corrected chi connectivity index (χ1v) is 6.67. The summed E-state index contributed by atoms with van der Waals surface area (Å²) in [7, 11) is 1.51. The molecule has 98 valence electrons. The predicted octanol–water partition coefficient (Wildman–Crippen LogP) is 4.36. The molecule has 0 fully saturated rings. The minimum atomic E-state index is -0.262. The zero-order chi connectivity index (χ0) is 13.8. The lowest BCUT2D eigenvalue weighted by atomic mass is 10.2. The molecule has 19 heavy (non-hydrogen) atoms. The third kappa shape index (κ3) is 3.49. The summed E-state index contributed by atoms with van der Waals surface area (Å²) in [5, 5.41) is 3.28. The van der Waals surface area contributed by atoms with Gasteiger partial charge in [-0.2, -0.15) is 0 Å². The van der Waals surface area contributed by atoms with E-state index in [0.29, 0.717) is 22.0 Å². The molecule has 0 aliphatic rings. The number of nitrogens with one attached hydrogen (secondary N) is 1. The van der Waals surface area contributed by atoms with Gasteiger partial charge in [0.2, 0.25) is 0 Å². The van der Waals surface area contributed by atoms with E-state index in [1.807, 2.05) is 12.1 Å². The number of benzene rings is 2. The number of rotatable bonds is 3. The Morgan fingerprint density at radius 3 is 2.53 bits per heavy atom. The second-order valence-electron chi connectivity index (χ2n) is 3.81. The number of ether oxygens (including phenoxy) is 1. The summed E-state index contributed by atoms with van der Waals surface area (Å²) in [5.41, 5.74) is 1.10. The van der Waals surface area contributed by atoms with Gasteiger partial charge in [-0.1, -0.05) is 27.5 Å². The Hall–Kier alpha value is -1.52. The standard InChI is InChI=1S/C14H11BrClNO2/c1-19-13-7-4-10(16)8-12(13)14(18)17-11-5-2-9(15)3-6-11/h2-8H,1H3,(H,17,18). The number of methoxy groups -OCH3 is 1. The van der Waals surface area contributed by atoms with Crippen LogP contribution in [0.15, 0.2) is 46.9 Å². The van der Waals surface area contributed by atoms with Crippen LogP contribution in [0, 0.1) is 0 Å². The Kier molecular flexibility index (Phi) is 4.45. The zero-order valence-electron chi connectivity index (χ0n) is 10.1. The van der Waals surface area contributed by atoms with E-state index in [4.69, 9.17) is 16.3 Å². The van der Waals surface area contributed by atoms with Crippen LogP contribution in [0.2, 0.25) is 5.02 Å². The van der Waals surface area contributed by atoms with Crippen LogP contribution >= 0.6 is 27.5 Å². The van der Waals surface area contributed by atoms with Crippen LogP contribution in [-0.4, -0.2) is 13.0 Å². The summed E-state index contributed by atoms with van der Waals surface area (Å²) in [6.45, 7) is 0. The van der Waals surface area contributed by atoms with Crippen molar-refractivity contribution in [2.45, 2.75) is 0 Å². The van der Waals surface area contributed by atoms with Crippen LogP contribution in [0.5, 0.6) is 5.75 Å². The van der Waals surface area contributed by atoms with Gasteiger partial charge in [0.1, 0.15) is 5.75 Å². The summed E-state index contributed by atoms with van der Waals surface area (Å²) >= 11 is 9.24. The summed E-state index contributed by atoms with van der Waals surface area (Å²) in [5.74, 6) is 0.223. The second kappa shape index (κ2) is 6.08. The van der Waals surface area contributed by atoms with Crippen molar-refractivity contribution in [1.29, 1.82) is 0 Å². The fourth-order valence-corrected chi connectivity index (χ4v) is 2.03. The normalized spacial score (nSPS) is 10.1. The molecule has 0 bridgehead atoms. The molecular weight excluding hydrogens is 330 g/mol. The van der Waals surface area contributed by atoms with E-state index >= 15 is 0 Å². The molecule has 1 N–H and O–H groups in total. The number of hydrogen-bond donors (Lipinski definition) is 1. The lowest BCUT2D eigenvalue weighted by Crippen LogP contribution is -2.13. The minimum Gasteiger partial charge on any atom is -0.496 e. The summed E-state index contributed by atoms with van der Waals surface area (Å²) in [4.78, 5) is 12.2. The minimum absolute atomic E-state index is 0.262. The fourth-order valence-electron chi connectivity index (χ4n) is 1.59. The highest BCUT2D eigenvalue weighted by Gasteiger charge is 2.13. The van der Waals surface area contributed by atoms with Gasteiger partial charge in [-0.3, -0.25) is 4.79 Å². The zero-order valence-corrected chi connectivity index (χ0v) is 12.5. The summed E-state index contributed by atoms with van der Waals surface area (Å²) < 4.78 is 6.10. The van der Waals surface area contributed by atoms with Crippen LogP contribution in [0.4, 0.5) is 5.69 Å². The smallest absolute Gasteiger partial charge is 0.259 e. The molecule has 2 aromatic carbocycles. The molecule has 0 aliphatic heterocycles. The number of hydrogen-bond acceptors (Lipinski definition) is 2. The molecule has 0 saturated heterocycles. The number of amides is 1. The maximum Gasteiger partial charge on any atom is 0.259 e. The molecule has 5 heteroatoms. The summed E-state index contributed by atoms with van der Waals surface area (Å²) in [6.07, 6.45) is 0. The van der Waals surface area contributed by atoms with Crippen molar-refractivity contribution >= 4 is 39.1 Å². The first-order valence-electron chi connectivity index (χ1n) is 5.50. The van der Waals surface area contributed by atoms with Crippen molar-refractivity contribution in [3.63, 3.8) is 0 Å². The molecule has 0 saturated carbocycles. The SMILES string of the molecule is COc1ccc(Cl)cc1C(=O)Nc1ccc(Br)cc1. The first-order chi connectivity index (χ1) is 9.10. The maximum absolute atomic E-state index is 12.2. The largest absolute Gasteiger partial charge is 0.496 e. The van der Waals surface area contributed by atoms with E-state index in [2.05, 4.69) is 21.2 Å². The molecular formula is C14H11BrClNO2. The molecule has 1 amide bonds. The number of carbonyl (C=O) groups is 1. The lowest BCUT2D eigenvalue weighted by Gasteiger charge is -2.09. The molecule has 0 aliphatic carbocycles. The van der Waals surface area contributed by atoms with Gasteiger partial charge in [-0.05, 0) is 42.5 Å². The Bertz CT molecular complexity index is 599. The number of halogens is 2. The highest BCUT2D eigenvalue weighted by Crippen LogP contribution is 2.24. The average molecular weight is 341 g/mol. The first kappa shape index (κ1) is 13.9. The third-order valence-corrected chi connectivity index (χ3v) is 3.27. The lowest BCUT2D eigenvalue weighted by molar-refractivity contribution is 0.102. The molecule has 0 heterocycles.